The SMILES string of the molecule is CCCCCCCc1c(C)ccc2c1Nc1ccccc1O2. The Bertz CT molecular complexity index is 648. The van der Waals surface area contributed by atoms with E-state index in [1.54, 1.807) is 0 Å². The van der Waals surface area contributed by atoms with Gasteiger partial charge in [0.1, 0.15) is 0 Å². The highest BCUT2D eigenvalue weighted by molar-refractivity contribution is 5.78. The average molecular weight is 295 g/mol. The molecule has 1 aliphatic rings. The van der Waals surface area contributed by atoms with Gasteiger partial charge >= 0.3 is 0 Å². The maximum absolute atomic E-state index is 6.06. The van der Waals surface area contributed by atoms with E-state index in [-0.39, 0.29) is 0 Å². The van der Waals surface area contributed by atoms with Crippen molar-refractivity contribution in [1.29, 1.82) is 0 Å². The molecule has 0 amide bonds. The summed E-state index contributed by atoms with van der Waals surface area (Å²) < 4.78 is 6.06. The molecule has 2 heteroatoms. The number of hydrogen-bond acceptors (Lipinski definition) is 2. The van der Waals surface area contributed by atoms with Gasteiger partial charge in [0.2, 0.25) is 0 Å². The molecule has 0 unspecified atom stereocenters. The maximum Gasteiger partial charge on any atom is 0.151 e. The van der Waals surface area contributed by atoms with E-state index >= 15 is 0 Å². The summed E-state index contributed by atoms with van der Waals surface area (Å²) in [5, 5.41) is 3.58. The number of anilines is 2. The predicted molar refractivity (Wildman–Crippen MR) is 93.4 cm³/mol. The van der Waals surface area contributed by atoms with Crippen molar-refractivity contribution in [2.45, 2.75) is 52.4 Å². The lowest BCUT2D eigenvalue weighted by molar-refractivity contribution is 0.480. The fourth-order valence-corrected chi connectivity index (χ4v) is 3.09. The zero-order valence-corrected chi connectivity index (χ0v) is 13.6. The minimum Gasteiger partial charge on any atom is -0.453 e. The standard InChI is InChI=1S/C20H25NO/c1-3-4-5-6-7-10-16-15(2)13-14-19-20(16)21-17-11-8-9-12-18(17)22-19/h8-9,11-14,21H,3-7,10H2,1-2H3. The third kappa shape index (κ3) is 3.11. The second-order valence-corrected chi connectivity index (χ2v) is 6.12. The summed E-state index contributed by atoms with van der Waals surface area (Å²) in [4.78, 5) is 0. The fourth-order valence-electron chi connectivity index (χ4n) is 3.09. The summed E-state index contributed by atoms with van der Waals surface area (Å²) in [6.45, 7) is 4.46. The molecule has 0 atom stereocenters. The predicted octanol–water partition coefficient (Wildman–Crippen LogP) is 6.36. The molecule has 0 aromatic heterocycles. The van der Waals surface area contributed by atoms with Crippen LogP contribution >= 0.6 is 0 Å². The molecule has 22 heavy (non-hydrogen) atoms. The fraction of sp³-hybridized carbons (Fsp3) is 0.400. The molecular weight excluding hydrogens is 270 g/mol. The van der Waals surface area contributed by atoms with Crippen LogP contribution in [0.3, 0.4) is 0 Å². The van der Waals surface area contributed by atoms with Gasteiger partial charge in [-0.2, -0.15) is 0 Å². The Hall–Kier alpha value is -1.96. The summed E-state index contributed by atoms with van der Waals surface area (Å²) in [7, 11) is 0. The maximum atomic E-state index is 6.06. The molecule has 0 saturated heterocycles. The van der Waals surface area contributed by atoms with Gasteiger partial charge in [-0.25, -0.2) is 0 Å². The molecule has 1 heterocycles. The Morgan fingerprint density at radius 2 is 1.73 bits per heavy atom. The van der Waals surface area contributed by atoms with Gasteiger partial charge in [-0.1, -0.05) is 50.8 Å². The van der Waals surface area contributed by atoms with Crippen molar-refractivity contribution in [3.63, 3.8) is 0 Å². The minimum atomic E-state index is 0.910. The monoisotopic (exact) mass is 295 g/mol. The number of ether oxygens (including phenoxy) is 1. The van der Waals surface area contributed by atoms with Crippen LogP contribution in [-0.4, -0.2) is 0 Å². The summed E-state index contributed by atoms with van der Waals surface area (Å²) in [6.07, 6.45) is 7.68. The van der Waals surface area contributed by atoms with Crippen molar-refractivity contribution in [1.82, 2.24) is 0 Å². The van der Waals surface area contributed by atoms with E-state index in [9.17, 15) is 0 Å². The first kappa shape index (κ1) is 15.0. The smallest absolute Gasteiger partial charge is 0.151 e. The van der Waals surface area contributed by atoms with Gasteiger partial charge in [0.25, 0.3) is 0 Å². The van der Waals surface area contributed by atoms with Crippen molar-refractivity contribution in [3.8, 4) is 11.5 Å². The molecule has 0 bridgehead atoms. The van der Waals surface area contributed by atoms with Crippen LogP contribution in [-0.2, 0) is 6.42 Å². The molecule has 2 nitrogen and oxygen atoms in total. The highest BCUT2D eigenvalue weighted by Gasteiger charge is 2.19. The molecule has 2 aromatic rings. The summed E-state index contributed by atoms with van der Waals surface area (Å²) >= 11 is 0. The van der Waals surface area contributed by atoms with Crippen LogP contribution in [0.4, 0.5) is 11.4 Å². The van der Waals surface area contributed by atoms with Crippen molar-refractivity contribution >= 4 is 11.4 Å². The van der Waals surface area contributed by atoms with Crippen molar-refractivity contribution in [2.75, 3.05) is 5.32 Å². The first-order valence-electron chi connectivity index (χ1n) is 8.46. The molecule has 0 saturated carbocycles. The van der Waals surface area contributed by atoms with Crippen LogP contribution in [0.1, 0.15) is 50.2 Å². The van der Waals surface area contributed by atoms with Gasteiger partial charge < -0.3 is 10.1 Å². The highest BCUT2D eigenvalue weighted by atomic mass is 16.5. The van der Waals surface area contributed by atoms with E-state index in [1.165, 1.54) is 43.2 Å². The quantitative estimate of drug-likeness (QED) is 0.534. The van der Waals surface area contributed by atoms with Gasteiger partial charge in [-0.05, 0) is 49.1 Å². The van der Waals surface area contributed by atoms with Crippen molar-refractivity contribution in [3.05, 3.63) is 47.5 Å². The third-order valence-electron chi connectivity index (χ3n) is 4.41. The Balaban J connectivity index is 1.78. The van der Waals surface area contributed by atoms with Gasteiger partial charge in [0.05, 0.1) is 11.4 Å². The normalized spacial score (nSPS) is 12.1. The Morgan fingerprint density at radius 3 is 2.59 bits per heavy atom. The molecule has 0 aliphatic carbocycles. The first-order chi connectivity index (χ1) is 10.8. The van der Waals surface area contributed by atoms with E-state index < -0.39 is 0 Å². The average Bonchev–Trinajstić information content (AvgIpc) is 2.55. The van der Waals surface area contributed by atoms with Crippen LogP contribution in [0.25, 0.3) is 0 Å². The molecule has 3 rings (SSSR count). The number of fused-ring (bicyclic) bond motifs is 2. The van der Waals surface area contributed by atoms with Crippen molar-refractivity contribution < 1.29 is 4.74 Å². The number of hydrogen-bond donors (Lipinski definition) is 1. The second-order valence-electron chi connectivity index (χ2n) is 6.12. The summed E-state index contributed by atoms with van der Waals surface area (Å²) in [6, 6.07) is 12.4. The Kier molecular flexibility index (Phi) is 4.67. The highest BCUT2D eigenvalue weighted by Crippen LogP contribution is 2.44. The number of rotatable bonds is 6. The van der Waals surface area contributed by atoms with Gasteiger partial charge in [0, 0.05) is 0 Å². The summed E-state index contributed by atoms with van der Waals surface area (Å²) in [5.41, 5.74) is 4.98. The molecule has 116 valence electrons. The molecule has 2 aromatic carbocycles. The van der Waals surface area contributed by atoms with Crippen LogP contribution < -0.4 is 10.1 Å². The Labute approximate surface area is 133 Å². The zero-order chi connectivity index (χ0) is 15.4. The minimum absolute atomic E-state index is 0.910. The number of aryl methyl sites for hydroxylation is 1. The molecular formula is C20H25NO. The molecule has 0 fully saturated rings. The van der Waals surface area contributed by atoms with Crippen LogP contribution in [0.15, 0.2) is 36.4 Å². The molecule has 1 aliphatic heterocycles. The lowest BCUT2D eigenvalue weighted by Gasteiger charge is -2.25. The van der Waals surface area contributed by atoms with Crippen LogP contribution in [0, 0.1) is 6.92 Å². The third-order valence-corrected chi connectivity index (χ3v) is 4.41. The largest absolute Gasteiger partial charge is 0.453 e. The van der Waals surface area contributed by atoms with Crippen LogP contribution in [0.5, 0.6) is 11.5 Å². The molecule has 1 N–H and O–H groups in total. The van der Waals surface area contributed by atoms with E-state index in [4.69, 9.17) is 4.74 Å². The lowest BCUT2D eigenvalue weighted by Crippen LogP contribution is -2.07. The van der Waals surface area contributed by atoms with Gasteiger partial charge in [0.15, 0.2) is 11.5 Å². The lowest BCUT2D eigenvalue weighted by atomic mass is 9.98. The van der Waals surface area contributed by atoms with E-state index in [2.05, 4.69) is 37.4 Å². The second kappa shape index (κ2) is 6.87. The van der Waals surface area contributed by atoms with E-state index in [0.29, 0.717) is 0 Å². The number of benzene rings is 2. The van der Waals surface area contributed by atoms with Crippen molar-refractivity contribution in [2.24, 2.45) is 0 Å². The molecule has 0 spiro atoms. The van der Waals surface area contributed by atoms with E-state index in [0.717, 1.165) is 29.3 Å². The van der Waals surface area contributed by atoms with Gasteiger partial charge in [-0.15, -0.1) is 0 Å². The van der Waals surface area contributed by atoms with E-state index in [1.807, 2.05) is 18.2 Å². The molecule has 0 radical (unpaired) electrons. The first-order valence-corrected chi connectivity index (χ1v) is 8.46. The zero-order valence-electron chi connectivity index (χ0n) is 13.6. The Morgan fingerprint density at radius 1 is 0.909 bits per heavy atom. The number of para-hydroxylation sites is 2. The topological polar surface area (TPSA) is 21.3 Å². The number of unbranched alkanes of at least 4 members (excludes halogenated alkanes) is 4. The van der Waals surface area contributed by atoms with Gasteiger partial charge in [-0.3, -0.25) is 0 Å². The van der Waals surface area contributed by atoms with Crippen LogP contribution in [0.2, 0.25) is 0 Å². The summed E-state index contributed by atoms with van der Waals surface area (Å²) in [5.74, 6) is 1.86. The number of nitrogens with one attached hydrogen (secondary N) is 1.